The summed E-state index contributed by atoms with van der Waals surface area (Å²) in [6.07, 6.45) is 2.16. The van der Waals surface area contributed by atoms with E-state index in [-0.39, 0.29) is 11.9 Å². The Balaban J connectivity index is 1.99. The van der Waals surface area contributed by atoms with Gasteiger partial charge in [-0.25, -0.2) is 4.98 Å². The Morgan fingerprint density at radius 1 is 1.23 bits per heavy atom. The van der Waals surface area contributed by atoms with Crippen molar-refractivity contribution in [2.75, 3.05) is 18.0 Å². The second kappa shape index (κ2) is 10.3. The summed E-state index contributed by atoms with van der Waals surface area (Å²) in [4.78, 5) is 19.0. The molecule has 0 fully saturated rings. The molecule has 142 valence electrons. The fraction of sp³-hybridized carbons (Fsp3) is 0.550. The predicted molar refractivity (Wildman–Crippen MR) is 109 cm³/mol. The van der Waals surface area contributed by atoms with E-state index in [0.29, 0.717) is 18.9 Å². The molecule has 0 aliphatic heterocycles. The molecule has 1 atom stereocenters. The highest BCUT2D eigenvalue weighted by Crippen LogP contribution is 2.20. The molecule has 0 aliphatic rings. The standard InChI is InChI=1S/C20H30N4OS/c1-5-16(4)21-19(25)11-12-24(14-15(2)3)20-22-18(23-26-20)13-17-9-7-6-8-10-17/h6-10,15-16H,5,11-14H2,1-4H3,(H,21,25). The predicted octanol–water partition coefficient (Wildman–Crippen LogP) is 3.90. The lowest BCUT2D eigenvalue weighted by Crippen LogP contribution is -2.36. The van der Waals surface area contributed by atoms with Crippen molar-refractivity contribution in [1.29, 1.82) is 0 Å². The second-order valence-electron chi connectivity index (χ2n) is 7.12. The van der Waals surface area contributed by atoms with Crippen LogP contribution in [0.4, 0.5) is 5.13 Å². The topological polar surface area (TPSA) is 58.1 Å². The molecule has 0 aliphatic carbocycles. The van der Waals surface area contributed by atoms with Gasteiger partial charge in [0.15, 0.2) is 0 Å². The third-order valence-electron chi connectivity index (χ3n) is 4.15. The highest BCUT2D eigenvalue weighted by atomic mass is 32.1. The number of rotatable bonds is 10. The third-order valence-corrected chi connectivity index (χ3v) is 4.96. The maximum absolute atomic E-state index is 12.1. The van der Waals surface area contributed by atoms with Crippen LogP contribution in [0.15, 0.2) is 30.3 Å². The first-order valence-corrected chi connectivity index (χ1v) is 10.2. The van der Waals surface area contributed by atoms with Gasteiger partial charge in [0.1, 0.15) is 5.82 Å². The summed E-state index contributed by atoms with van der Waals surface area (Å²) in [5.41, 5.74) is 1.21. The number of aromatic nitrogens is 2. The highest BCUT2D eigenvalue weighted by molar-refractivity contribution is 7.09. The number of anilines is 1. The lowest BCUT2D eigenvalue weighted by Gasteiger charge is -2.23. The lowest BCUT2D eigenvalue weighted by atomic mass is 10.1. The Bertz CT molecular complexity index is 671. The van der Waals surface area contributed by atoms with Crippen LogP contribution in [0.5, 0.6) is 0 Å². The first-order chi connectivity index (χ1) is 12.5. The van der Waals surface area contributed by atoms with Gasteiger partial charge in [-0.1, -0.05) is 51.1 Å². The monoisotopic (exact) mass is 374 g/mol. The molecular formula is C20H30N4OS. The zero-order chi connectivity index (χ0) is 18.9. The van der Waals surface area contributed by atoms with Gasteiger partial charge < -0.3 is 10.2 Å². The van der Waals surface area contributed by atoms with E-state index in [1.807, 2.05) is 25.1 Å². The number of carbonyl (C=O) groups is 1. The largest absolute Gasteiger partial charge is 0.354 e. The molecule has 0 spiro atoms. The van der Waals surface area contributed by atoms with Gasteiger partial charge in [0.25, 0.3) is 0 Å². The SMILES string of the molecule is CCC(C)NC(=O)CCN(CC(C)C)c1nc(Cc2ccccc2)ns1. The van der Waals surface area contributed by atoms with Crippen molar-refractivity contribution in [3.05, 3.63) is 41.7 Å². The van der Waals surface area contributed by atoms with Crippen LogP contribution < -0.4 is 10.2 Å². The molecule has 2 rings (SSSR count). The van der Waals surface area contributed by atoms with E-state index < -0.39 is 0 Å². The normalized spacial score (nSPS) is 12.2. The fourth-order valence-corrected chi connectivity index (χ4v) is 3.33. The molecule has 6 heteroatoms. The first-order valence-electron chi connectivity index (χ1n) is 9.38. The molecule has 0 radical (unpaired) electrons. The summed E-state index contributed by atoms with van der Waals surface area (Å²) in [5.74, 6) is 1.44. The van der Waals surface area contributed by atoms with Crippen molar-refractivity contribution in [1.82, 2.24) is 14.7 Å². The molecule has 5 nitrogen and oxygen atoms in total. The van der Waals surface area contributed by atoms with E-state index in [9.17, 15) is 4.79 Å². The Hall–Kier alpha value is -1.95. The average Bonchev–Trinajstić information content (AvgIpc) is 3.07. The van der Waals surface area contributed by atoms with E-state index in [1.165, 1.54) is 17.1 Å². The Morgan fingerprint density at radius 3 is 2.62 bits per heavy atom. The van der Waals surface area contributed by atoms with Crippen molar-refractivity contribution in [3.8, 4) is 0 Å². The van der Waals surface area contributed by atoms with Crippen molar-refractivity contribution < 1.29 is 4.79 Å². The molecule has 0 bridgehead atoms. The van der Waals surface area contributed by atoms with Gasteiger partial charge >= 0.3 is 0 Å². The van der Waals surface area contributed by atoms with Crippen molar-refractivity contribution in [2.45, 2.75) is 53.0 Å². The number of amides is 1. The zero-order valence-corrected chi connectivity index (χ0v) is 17.1. The molecule has 2 aromatic rings. The van der Waals surface area contributed by atoms with Crippen LogP contribution >= 0.6 is 11.5 Å². The van der Waals surface area contributed by atoms with Gasteiger partial charge in [-0.3, -0.25) is 4.79 Å². The molecule has 1 heterocycles. The van der Waals surface area contributed by atoms with Crippen LogP contribution in [0.2, 0.25) is 0 Å². The van der Waals surface area contributed by atoms with Crippen molar-refractivity contribution >= 4 is 22.6 Å². The molecule has 1 unspecified atom stereocenters. The summed E-state index contributed by atoms with van der Waals surface area (Å²) >= 11 is 1.42. The molecule has 0 saturated carbocycles. The third kappa shape index (κ3) is 6.75. The molecule has 1 aromatic carbocycles. The van der Waals surface area contributed by atoms with Crippen molar-refractivity contribution in [2.24, 2.45) is 5.92 Å². The molecule has 1 amide bonds. The minimum absolute atomic E-state index is 0.0992. The van der Waals surface area contributed by atoms with Gasteiger partial charge in [-0.2, -0.15) is 4.37 Å². The van der Waals surface area contributed by atoms with Crippen molar-refractivity contribution in [3.63, 3.8) is 0 Å². The quantitative estimate of drug-likeness (QED) is 0.685. The fourth-order valence-electron chi connectivity index (χ4n) is 2.61. The maximum Gasteiger partial charge on any atom is 0.221 e. The second-order valence-corrected chi connectivity index (χ2v) is 7.85. The Morgan fingerprint density at radius 2 is 1.96 bits per heavy atom. The Kier molecular flexibility index (Phi) is 8.04. The summed E-state index contributed by atoms with van der Waals surface area (Å²) in [6, 6.07) is 10.5. The van der Waals surface area contributed by atoms with Gasteiger partial charge in [-0.15, -0.1) is 0 Å². The van der Waals surface area contributed by atoms with Crippen LogP contribution in [0.25, 0.3) is 0 Å². The number of carbonyl (C=O) groups excluding carboxylic acids is 1. The van der Waals surface area contributed by atoms with Crippen LogP contribution in [-0.2, 0) is 11.2 Å². The Labute approximate surface area is 161 Å². The highest BCUT2D eigenvalue weighted by Gasteiger charge is 2.16. The average molecular weight is 375 g/mol. The first kappa shape index (κ1) is 20.4. The molecule has 0 saturated heterocycles. The van der Waals surface area contributed by atoms with Crippen LogP contribution in [0.1, 0.15) is 51.9 Å². The number of benzene rings is 1. The van der Waals surface area contributed by atoms with Crippen LogP contribution in [0, 0.1) is 5.92 Å². The van der Waals surface area contributed by atoms with Crippen LogP contribution in [0.3, 0.4) is 0 Å². The number of hydrogen-bond donors (Lipinski definition) is 1. The van der Waals surface area contributed by atoms with Gasteiger partial charge in [0.2, 0.25) is 11.0 Å². The lowest BCUT2D eigenvalue weighted by molar-refractivity contribution is -0.121. The molecular weight excluding hydrogens is 344 g/mol. The van der Waals surface area contributed by atoms with E-state index in [1.54, 1.807) is 0 Å². The minimum Gasteiger partial charge on any atom is -0.354 e. The van der Waals surface area contributed by atoms with Gasteiger partial charge in [0, 0.05) is 43.5 Å². The summed E-state index contributed by atoms with van der Waals surface area (Å²) < 4.78 is 4.52. The zero-order valence-electron chi connectivity index (χ0n) is 16.2. The van der Waals surface area contributed by atoms with E-state index >= 15 is 0 Å². The minimum atomic E-state index is 0.0992. The molecule has 1 aromatic heterocycles. The van der Waals surface area contributed by atoms with E-state index in [0.717, 1.165) is 30.3 Å². The number of nitrogens with zero attached hydrogens (tertiary/aromatic N) is 3. The maximum atomic E-state index is 12.1. The number of nitrogens with one attached hydrogen (secondary N) is 1. The summed E-state index contributed by atoms with van der Waals surface area (Å²) in [6.45, 7) is 10.0. The van der Waals surface area contributed by atoms with Gasteiger partial charge in [0.05, 0.1) is 0 Å². The van der Waals surface area contributed by atoms with E-state index in [2.05, 4.69) is 47.5 Å². The smallest absolute Gasteiger partial charge is 0.221 e. The molecule has 1 N–H and O–H groups in total. The van der Waals surface area contributed by atoms with Crippen LogP contribution in [-0.4, -0.2) is 34.4 Å². The number of hydrogen-bond acceptors (Lipinski definition) is 5. The molecule has 26 heavy (non-hydrogen) atoms. The summed E-state index contributed by atoms with van der Waals surface area (Å²) in [7, 11) is 0. The summed E-state index contributed by atoms with van der Waals surface area (Å²) in [5, 5.41) is 3.93. The van der Waals surface area contributed by atoms with E-state index in [4.69, 9.17) is 4.98 Å². The van der Waals surface area contributed by atoms with Gasteiger partial charge in [-0.05, 0) is 24.8 Å².